The standard InChI is InChI=1S/C39H70N2O12/c1-15-28-39(47,16-2)32(43)25(7)41(13)20-21(3)18-37(9,46)34(53-36-30(42)27(40(11)12)17-22(4)49-36)23(5)31(24(6)35(45)51-28)52-29-19-38(10,48-14)33(44)26(8)50-29/h2,21-34,36,42-44,46-47H,15,17-20H2,1,3-14H3/t21-,22-,23+,24-,25-,26+,27+,28-,29+,30-,31+,32-,33+,34-,36+,37-,38-,39-/m1/s1. The fourth-order valence-electron chi connectivity index (χ4n) is 8.66. The van der Waals surface area contributed by atoms with Gasteiger partial charge in [-0.3, -0.25) is 4.79 Å². The maximum atomic E-state index is 14.2. The molecule has 53 heavy (non-hydrogen) atoms. The van der Waals surface area contributed by atoms with E-state index in [9.17, 15) is 30.3 Å². The molecule has 14 nitrogen and oxygen atoms in total. The number of carbonyl (C=O) groups is 1. The molecule has 3 aliphatic heterocycles. The van der Waals surface area contributed by atoms with Crippen LogP contribution in [0.5, 0.6) is 0 Å². The first-order chi connectivity index (χ1) is 24.5. The largest absolute Gasteiger partial charge is 0.458 e. The third-order valence-corrected chi connectivity index (χ3v) is 12.1. The molecule has 14 heteroatoms. The number of carbonyl (C=O) groups excluding carboxylic acids is 1. The molecule has 5 N–H and O–H groups in total. The first-order valence-corrected chi connectivity index (χ1v) is 19.2. The lowest BCUT2D eigenvalue weighted by Gasteiger charge is -2.48. The molecule has 3 aliphatic rings. The second kappa shape index (κ2) is 18.2. The highest BCUT2D eigenvalue weighted by atomic mass is 16.7. The molecule has 3 fully saturated rings. The minimum atomic E-state index is -2.23. The summed E-state index contributed by atoms with van der Waals surface area (Å²) in [6.07, 6.45) is -3.19. The highest BCUT2D eigenvalue weighted by molar-refractivity contribution is 5.73. The van der Waals surface area contributed by atoms with E-state index in [1.807, 2.05) is 37.7 Å². The third-order valence-electron chi connectivity index (χ3n) is 12.1. The first-order valence-electron chi connectivity index (χ1n) is 19.2. The van der Waals surface area contributed by atoms with Gasteiger partial charge in [-0.1, -0.05) is 26.7 Å². The topological polar surface area (TPSA) is 180 Å². The van der Waals surface area contributed by atoms with Crippen molar-refractivity contribution in [3.05, 3.63) is 0 Å². The number of methoxy groups -OCH3 is 1. The summed E-state index contributed by atoms with van der Waals surface area (Å²) in [6, 6.07) is -0.962. The van der Waals surface area contributed by atoms with E-state index in [2.05, 4.69) is 5.92 Å². The van der Waals surface area contributed by atoms with Crippen molar-refractivity contribution < 1.29 is 58.7 Å². The van der Waals surface area contributed by atoms with Gasteiger partial charge in [0.05, 0.1) is 41.5 Å². The van der Waals surface area contributed by atoms with Crippen LogP contribution in [0, 0.1) is 30.1 Å². The number of esters is 1. The van der Waals surface area contributed by atoms with Crippen molar-refractivity contribution in [2.75, 3.05) is 34.8 Å². The van der Waals surface area contributed by atoms with Crippen molar-refractivity contribution in [2.24, 2.45) is 17.8 Å². The Balaban J connectivity index is 2.20. The second-order valence-corrected chi connectivity index (χ2v) is 16.9. The van der Waals surface area contributed by atoms with Crippen LogP contribution in [0.4, 0.5) is 0 Å². The highest BCUT2D eigenvalue weighted by Crippen LogP contribution is 2.40. The van der Waals surface area contributed by atoms with E-state index in [0.29, 0.717) is 13.0 Å². The average Bonchev–Trinajstić information content (AvgIpc) is 3.09. The molecule has 3 heterocycles. The van der Waals surface area contributed by atoms with Gasteiger partial charge in [-0.15, -0.1) is 6.42 Å². The summed E-state index contributed by atoms with van der Waals surface area (Å²) in [5.74, 6) is -0.502. The molecule has 3 saturated heterocycles. The number of likely N-dealkylation sites (N-methyl/N-ethyl adjacent to an activating group) is 2. The number of cyclic esters (lactones) is 1. The van der Waals surface area contributed by atoms with Crippen LogP contribution in [0.25, 0.3) is 0 Å². The molecule has 308 valence electrons. The molecule has 0 unspecified atom stereocenters. The lowest BCUT2D eigenvalue weighted by Crippen LogP contribution is -2.60. The fraction of sp³-hybridized carbons (Fsp3) is 0.923. The first kappa shape index (κ1) is 45.9. The second-order valence-electron chi connectivity index (χ2n) is 16.9. The van der Waals surface area contributed by atoms with Gasteiger partial charge in [-0.2, -0.15) is 0 Å². The van der Waals surface area contributed by atoms with Gasteiger partial charge in [0.15, 0.2) is 18.2 Å². The Hall–Kier alpha value is -1.45. The van der Waals surface area contributed by atoms with Crippen molar-refractivity contribution in [2.45, 2.75) is 178 Å². The molecule has 0 amide bonds. The maximum Gasteiger partial charge on any atom is 0.311 e. The van der Waals surface area contributed by atoms with E-state index < -0.39 is 96.0 Å². The quantitative estimate of drug-likeness (QED) is 0.186. The van der Waals surface area contributed by atoms with Crippen molar-refractivity contribution in [3.8, 4) is 12.3 Å². The van der Waals surface area contributed by atoms with Crippen LogP contribution in [0.3, 0.4) is 0 Å². The van der Waals surface area contributed by atoms with E-state index in [1.165, 1.54) is 7.11 Å². The minimum Gasteiger partial charge on any atom is -0.458 e. The van der Waals surface area contributed by atoms with Gasteiger partial charge in [0.1, 0.15) is 24.4 Å². The van der Waals surface area contributed by atoms with Gasteiger partial charge in [-0.25, -0.2) is 0 Å². The zero-order valence-electron chi connectivity index (χ0n) is 34.3. The lowest BCUT2D eigenvalue weighted by molar-refractivity contribution is -0.318. The van der Waals surface area contributed by atoms with Gasteiger partial charge in [0, 0.05) is 38.1 Å². The average molecular weight is 759 g/mol. The Morgan fingerprint density at radius 3 is 2.17 bits per heavy atom. The van der Waals surface area contributed by atoms with E-state index >= 15 is 0 Å². The van der Waals surface area contributed by atoms with Crippen molar-refractivity contribution in [1.82, 2.24) is 9.80 Å². The predicted octanol–water partition coefficient (Wildman–Crippen LogP) is 1.51. The van der Waals surface area contributed by atoms with Crippen molar-refractivity contribution >= 4 is 5.97 Å². The molecule has 0 aliphatic carbocycles. The molecule has 18 atom stereocenters. The molecule has 0 aromatic carbocycles. The van der Waals surface area contributed by atoms with Gasteiger partial charge >= 0.3 is 5.97 Å². The predicted molar refractivity (Wildman–Crippen MR) is 197 cm³/mol. The summed E-state index contributed by atoms with van der Waals surface area (Å²) in [5, 5.41) is 58.3. The molecule has 0 saturated carbocycles. The number of nitrogens with zero attached hydrogens (tertiary/aromatic N) is 2. The molecule has 0 spiro atoms. The normalized spacial score (nSPS) is 48.7. The van der Waals surface area contributed by atoms with Crippen LogP contribution >= 0.6 is 0 Å². The number of aliphatic hydroxyl groups is 5. The Kier molecular flexibility index (Phi) is 15.8. The number of aliphatic hydroxyl groups excluding tert-OH is 3. The summed E-state index contributed by atoms with van der Waals surface area (Å²) in [4.78, 5) is 18.0. The molecule has 0 aromatic heterocycles. The number of hydrogen-bond donors (Lipinski definition) is 5. The zero-order chi connectivity index (χ0) is 40.4. The Morgan fingerprint density at radius 1 is 1.00 bits per heavy atom. The Morgan fingerprint density at radius 2 is 1.62 bits per heavy atom. The van der Waals surface area contributed by atoms with Crippen LogP contribution in [0.2, 0.25) is 0 Å². The third kappa shape index (κ3) is 10.1. The molecule has 3 rings (SSSR count). The van der Waals surface area contributed by atoms with E-state index in [-0.39, 0.29) is 37.3 Å². The fourth-order valence-corrected chi connectivity index (χ4v) is 8.66. The monoisotopic (exact) mass is 758 g/mol. The number of terminal acetylenes is 1. The molecular weight excluding hydrogens is 688 g/mol. The summed E-state index contributed by atoms with van der Waals surface area (Å²) in [5.41, 5.74) is -4.86. The summed E-state index contributed by atoms with van der Waals surface area (Å²) < 4.78 is 37.4. The van der Waals surface area contributed by atoms with Gasteiger partial charge in [-0.05, 0) is 87.9 Å². The van der Waals surface area contributed by atoms with E-state index in [0.717, 1.165) is 0 Å². The van der Waals surface area contributed by atoms with Gasteiger partial charge in [0.2, 0.25) is 0 Å². The van der Waals surface area contributed by atoms with Crippen LogP contribution in [-0.4, -0.2) is 166 Å². The number of hydrogen-bond acceptors (Lipinski definition) is 14. The zero-order valence-corrected chi connectivity index (χ0v) is 34.3. The van der Waals surface area contributed by atoms with Gasteiger partial charge in [0.25, 0.3) is 0 Å². The highest BCUT2D eigenvalue weighted by Gasteiger charge is 2.53. The van der Waals surface area contributed by atoms with Crippen LogP contribution in [-0.2, 0) is 33.2 Å². The van der Waals surface area contributed by atoms with E-state index in [4.69, 9.17) is 34.8 Å². The SMILES string of the molecule is C#C[C@]1(O)[C@H](O)[C@@H](C)N(C)C[C@H](C)C[C@@](C)(O)[C@H](O[C@@H]2O[C@H](C)C[C@H](N(C)C)[C@H]2O)[C@@H](C)[C@H](O[C@H]2C[C@@](C)(OC)[C@@H](O)[C@H](C)O2)[C@@H](C)C(=O)O[C@@H]1CC. The minimum absolute atomic E-state index is 0.0973. The Labute approximate surface area is 317 Å². The number of ether oxygens (including phenoxy) is 6. The summed E-state index contributed by atoms with van der Waals surface area (Å²) in [7, 11) is 7.03. The van der Waals surface area contributed by atoms with E-state index in [1.54, 1.807) is 55.5 Å². The lowest BCUT2D eigenvalue weighted by atomic mass is 9.77. The van der Waals surface area contributed by atoms with Crippen molar-refractivity contribution in [3.63, 3.8) is 0 Å². The van der Waals surface area contributed by atoms with Crippen molar-refractivity contribution in [1.29, 1.82) is 0 Å². The maximum absolute atomic E-state index is 14.2. The van der Waals surface area contributed by atoms with Gasteiger partial charge < -0.3 is 63.8 Å². The van der Waals surface area contributed by atoms with Crippen LogP contribution < -0.4 is 0 Å². The summed E-state index contributed by atoms with van der Waals surface area (Å²) >= 11 is 0. The van der Waals surface area contributed by atoms with Crippen LogP contribution in [0.15, 0.2) is 0 Å². The molecule has 0 bridgehead atoms. The summed E-state index contributed by atoms with van der Waals surface area (Å²) in [6.45, 7) is 16.2. The molecule has 0 aromatic rings. The Bertz CT molecular complexity index is 1230. The van der Waals surface area contributed by atoms with Crippen LogP contribution in [0.1, 0.15) is 88.0 Å². The molecular formula is C39H70N2O12. The number of rotatable bonds is 7. The smallest absolute Gasteiger partial charge is 0.311 e. The molecule has 0 radical (unpaired) electrons.